The maximum atomic E-state index is 10.2. The van der Waals surface area contributed by atoms with Gasteiger partial charge in [-0.1, -0.05) is 0 Å². The molecule has 6 nitrogen and oxygen atoms in total. The number of carboxylic acids is 2. The van der Waals surface area contributed by atoms with Gasteiger partial charge in [-0.15, -0.1) is 0 Å². The Labute approximate surface area is 97.9 Å². The molecule has 0 aromatic carbocycles. The summed E-state index contributed by atoms with van der Waals surface area (Å²) in [6.45, 7) is 0. The molecular formula is C5H8CaO6. The molecule has 0 aliphatic rings. The predicted octanol–water partition coefficient (Wildman–Crippen LogP) is -1.70. The van der Waals surface area contributed by atoms with Crippen LogP contribution < -0.4 is 0 Å². The van der Waals surface area contributed by atoms with Crippen LogP contribution in [0.2, 0.25) is 0 Å². The average molecular weight is 204 g/mol. The average Bonchev–Trinajstić information content (AvgIpc) is 1.82. The smallest absolute Gasteiger partial charge is 0.372 e. The molecule has 0 saturated heterocycles. The molecule has 0 aliphatic heterocycles. The number of hydrogen-bond donors (Lipinski definition) is 2. The number of rotatable bonds is 4. The third-order valence-electron chi connectivity index (χ3n) is 0.804. The molecule has 66 valence electrons. The molecule has 0 rings (SSSR count). The van der Waals surface area contributed by atoms with Crippen molar-refractivity contribution >= 4 is 55.5 Å². The van der Waals surface area contributed by atoms with Gasteiger partial charge in [-0.2, -0.15) is 0 Å². The van der Waals surface area contributed by atoms with Gasteiger partial charge in [0.15, 0.2) is 0 Å². The summed E-state index contributed by atoms with van der Waals surface area (Å²) >= 11 is 0. The van der Waals surface area contributed by atoms with Gasteiger partial charge in [-0.3, -0.25) is 9.59 Å². The standard InChI is InChI=1S/C5H6O5.Ca.H2O/c6-3(5(9)10)1-2-4(7)8;;/h1-2H2,(H,7,8)(H,9,10);;1H2. The third kappa shape index (κ3) is 9.83. The second-order valence-corrected chi connectivity index (χ2v) is 1.62. The zero-order chi connectivity index (χ0) is 8.15. The number of carboxylic acid groups (broad SMARTS) is 2. The summed E-state index contributed by atoms with van der Waals surface area (Å²) in [6.07, 6.45) is -0.865. The van der Waals surface area contributed by atoms with E-state index in [4.69, 9.17) is 10.2 Å². The van der Waals surface area contributed by atoms with E-state index >= 15 is 0 Å². The van der Waals surface area contributed by atoms with Crippen LogP contribution in [-0.2, 0) is 14.4 Å². The van der Waals surface area contributed by atoms with E-state index in [2.05, 4.69) is 0 Å². The number of carbonyl (C=O) groups is 3. The van der Waals surface area contributed by atoms with Gasteiger partial charge in [0.2, 0.25) is 5.78 Å². The van der Waals surface area contributed by atoms with Crippen LogP contribution in [0, 0.1) is 0 Å². The minimum atomic E-state index is -1.58. The van der Waals surface area contributed by atoms with Crippen molar-refractivity contribution in [1.82, 2.24) is 0 Å². The predicted molar refractivity (Wildman–Crippen MR) is 38.9 cm³/mol. The molecule has 0 aromatic heterocycles. The molecule has 4 N–H and O–H groups in total. The van der Waals surface area contributed by atoms with Gasteiger partial charge in [0.25, 0.3) is 0 Å². The molecule has 0 bridgehead atoms. The Morgan fingerprint density at radius 3 is 1.67 bits per heavy atom. The van der Waals surface area contributed by atoms with Crippen molar-refractivity contribution in [3.8, 4) is 0 Å². The fraction of sp³-hybridized carbons (Fsp3) is 0.400. The van der Waals surface area contributed by atoms with Gasteiger partial charge in [0.1, 0.15) is 0 Å². The summed E-state index contributed by atoms with van der Waals surface area (Å²) in [5.74, 6) is -3.82. The molecule has 2 radical (unpaired) electrons. The molecule has 0 fully saturated rings. The largest absolute Gasteiger partial charge is 0.481 e. The fourth-order valence-corrected chi connectivity index (χ4v) is 0.327. The molecule has 0 aliphatic carbocycles. The Hall–Kier alpha value is -0.170. The Morgan fingerprint density at radius 1 is 1.00 bits per heavy atom. The van der Waals surface area contributed by atoms with Crippen LogP contribution in [0.15, 0.2) is 0 Å². The van der Waals surface area contributed by atoms with E-state index in [9.17, 15) is 14.4 Å². The summed E-state index contributed by atoms with van der Waals surface area (Å²) in [5.41, 5.74) is 0. The van der Waals surface area contributed by atoms with Crippen molar-refractivity contribution in [3.63, 3.8) is 0 Å². The molecule has 0 saturated carbocycles. The first-order valence-electron chi connectivity index (χ1n) is 2.52. The molecular weight excluding hydrogens is 196 g/mol. The first kappa shape index (κ1) is 17.8. The van der Waals surface area contributed by atoms with Crippen LogP contribution in [0.25, 0.3) is 0 Å². The van der Waals surface area contributed by atoms with E-state index < -0.39 is 30.6 Å². The van der Waals surface area contributed by atoms with Crippen molar-refractivity contribution in [3.05, 3.63) is 0 Å². The van der Waals surface area contributed by atoms with Crippen LogP contribution >= 0.6 is 0 Å². The van der Waals surface area contributed by atoms with E-state index in [1.54, 1.807) is 0 Å². The van der Waals surface area contributed by atoms with Gasteiger partial charge in [-0.05, 0) is 0 Å². The number of ketones is 1. The van der Waals surface area contributed by atoms with Crippen molar-refractivity contribution in [1.29, 1.82) is 0 Å². The van der Waals surface area contributed by atoms with Gasteiger partial charge in [0.05, 0.1) is 6.42 Å². The number of carbonyl (C=O) groups excluding carboxylic acids is 1. The molecule has 0 heterocycles. The van der Waals surface area contributed by atoms with Crippen molar-refractivity contribution in [2.24, 2.45) is 0 Å². The van der Waals surface area contributed by atoms with E-state index in [0.717, 1.165) is 0 Å². The van der Waals surface area contributed by atoms with Crippen LogP contribution in [0.4, 0.5) is 0 Å². The zero-order valence-electron chi connectivity index (χ0n) is 6.24. The van der Waals surface area contributed by atoms with Gasteiger partial charge >= 0.3 is 11.9 Å². The zero-order valence-corrected chi connectivity index (χ0v) is 8.45. The van der Waals surface area contributed by atoms with Crippen LogP contribution in [0.3, 0.4) is 0 Å². The molecule has 0 atom stereocenters. The van der Waals surface area contributed by atoms with Crippen molar-refractivity contribution in [2.75, 3.05) is 0 Å². The summed E-state index contributed by atoms with van der Waals surface area (Å²) in [7, 11) is 0. The van der Waals surface area contributed by atoms with Crippen molar-refractivity contribution < 1.29 is 30.1 Å². The molecule has 7 heteroatoms. The van der Waals surface area contributed by atoms with E-state index in [-0.39, 0.29) is 43.2 Å². The number of Topliss-reactive ketones (excluding diaryl/α,β-unsaturated/α-hetero) is 1. The molecule has 0 aromatic rings. The van der Waals surface area contributed by atoms with E-state index in [0.29, 0.717) is 0 Å². The SMILES string of the molecule is O.O=C(O)CCC(=O)C(=O)O.[Ca]. The summed E-state index contributed by atoms with van der Waals surface area (Å²) in [6, 6.07) is 0. The Balaban J connectivity index is -0.000000405. The topological polar surface area (TPSA) is 123 Å². The first-order valence-corrected chi connectivity index (χ1v) is 2.52. The molecule has 0 spiro atoms. The fourth-order valence-electron chi connectivity index (χ4n) is 0.327. The summed E-state index contributed by atoms with van der Waals surface area (Å²) in [5, 5.41) is 16.0. The Morgan fingerprint density at radius 2 is 1.42 bits per heavy atom. The second-order valence-electron chi connectivity index (χ2n) is 1.62. The first-order chi connectivity index (χ1) is 4.54. The number of aliphatic carboxylic acids is 2. The second kappa shape index (κ2) is 8.92. The Kier molecular flexibility index (Phi) is 13.2. The van der Waals surface area contributed by atoms with Crippen LogP contribution in [0.1, 0.15) is 12.8 Å². The molecule has 0 amide bonds. The normalized spacial score (nSPS) is 7.33. The molecule has 0 unspecified atom stereocenters. The number of hydrogen-bond acceptors (Lipinski definition) is 3. The van der Waals surface area contributed by atoms with E-state index in [1.807, 2.05) is 0 Å². The van der Waals surface area contributed by atoms with Crippen LogP contribution in [0.5, 0.6) is 0 Å². The van der Waals surface area contributed by atoms with Gasteiger partial charge in [0, 0.05) is 44.2 Å². The minimum Gasteiger partial charge on any atom is -0.481 e. The Bertz CT molecular complexity index is 177. The quantitative estimate of drug-likeness (QED) is 0.417. The van der Waals surface area contributed by atoms with E-state index in [1.165, 1.54) is 0 Å². The maximum absolute atomic E-state index is 10.2. The monoisotopic (exact) mass is 204 g/mol. The minimum absolute atomic E-state index is 0. The molecule has 12 heavy (non-hydrogen) atoms. The third-order valence-corrected chi connectivity index (χ3v) is 0.804. The van der Waals surface area contributed by atoms with Crippen LogP contribution in [-0.4, -0.2) is 71.1 Å². The summed E-state index contributed by atoms with van der Waals surface area (Å²) < 4.78 is 0. The van der Waals surface area contributed by atoms with Gasteiger partial charge < -0.3 is 15.7 Å². The van der Waals surface area contributed by atoms with Crippen molar-refractivity contribution in [2.45, 2.75) is 12.8 Å². The summed E-state index contributed by atoms with van der Waals surface area (Å²) in [4.78, 5) is 29.7. The maximum Gasteiger partial charge on any atom is 0.372 e. The van der Waals surface area contributed by atoms with Gasteiger partial charge in [-0.25, -0.2) is 4.79 Å².